The number of carbonyl (C=O) groups excluding carboxylic acids is 1. The Bertz CT molecular complexity index is 1070. The fourth-order valence-corrected chi connectivity index (χ4v) is 3.65. The van der Waals surface area contributed by atoms with Gasteiger partial charge in [0.15, 0.2) is 0 Å². The molecule has 0 radical (unpaired) electrons. The Hall–Kier alpha value is -2.75. The maximum absolute atomic E-state index is 12.7. The number of allylic oxidation sites excluding steroid dienone is 2. The Morgan fingerprint density at radius 3 is 2.86 bits per heavy atom. The second kappa shape index (κ2) is 8.09. The topological polar surface area (TPSA) is 98.2 Å². The number of para-hydroxylation sites is 1. The molecule has 1 aliphatic rings. The minimum Gasteiger partial charge on any atom is -0.463 e. The van der Waals surface area contributed by atoms with E-state index >= 15 is 0 Å². The summed E-state index contributed by atoms with van der Waals surface area (Å²) >= 11 is 12.5. The van der Waals surface area contributed by atoms with Crippen molar-refractivity contribution in [2.45, 2.75) is 19.8 Å². The van der Waals surface area contributed by atoms with Gasteiger partial charge >= 0.3 is 5.97 Å². The molecule has 1 atom stereocenters. The van der Waals surface area contributed by atoms with Gasteiger partial charge in [0, 0.05) is 10.9 Å². The zero-order valence-corrected chi connectivity index (χ0v) is 16.8. The van der Waals surface area contributed by atoms with Crippen molar-refractivity contribution in [1.29, 1.82) is 5.26 Å². The van der Waals surface area contributed by atoms with Crippen molar-refractivity contribution in [3.05, 3.63) is 63.3 Å². The van der Waals surface area contributed by atoms with Gasteiger partial charge in [-0.3, -0.25) is 0 Å². The van der Waals surface area contributed by atoms with Crippen LogP contribution in [0.25, 0.3) is 10.9 Å². The molecule has 2 aromatic rings. The predicted octanol–water partition coefficient (Wildman–Crippen LogP) is 4.06. The van der Waals surface area contributed by atoms with Gasteiger partial charge < -0.3 is 15.2 Å². The summed E-state index contributed by atoms with van der Waals surface area (Å²) in [6.07, 6.45) is 0. The highest BCUT2D eigenvalue weighted by molar-refractivity contribution is 6.31. The number of aromatic nitrogens is 1. The number of halogens is 2. The molecule has 0 spiro atoms. The summed E-state index contributed by atoms with van der Waals surface area (Å²) in [4.78, 5) is 17.2. The van der Waals surface area contributed by atoms with Gasteiger partial charge in [0.2, 0.25) is 5.88 Å². The molecule has 3 rings (SSSR count). The average molecular weight is 418 g/mol. The minimum atomic E-state index is -0.892. The average Bonchev–Trinajstić information content (AvgIpc) is 2.67. The summed E-state index contributed by atoms with van der Waals surface area (Å²) in [6, 6.07) is 9.51. The van der Waals surface area contributed by atoms with Crippen LogP contribution in [0.5, 0.6) is 0 Å². The molecule has 2 N–H and O–H groups in total. The van der Waals surface area contributed by atoms with E-state index in [1.54, 1.807) is 13.0 Å². The van der Waals surface area contributed by atoms with Crippen molar-refractivity contribution in [2.75, 3.05) is 12.5 Å². The van der Waals surface area contributed by atoms with Crippen molar-refractivity contribution in [1.82, 2.24) is 4.98 Å². The van der Waals surface area contributed by atoms with Gasteiger partial charge in [0.1, 0.15) is 22.6 Å². The predicted molar refractivity (Wildman–Crippen MR) is 107 cm³/mol. The van der Waals surface area contributed by atoms with Crippen LogP contribution in [-0.2, 0) is 14.3 Å². The number of hydrogen-bond donors (Lipinski definition) is 1. The van der Waals surface area contributed by atoms with Gasteiger partial charge in [-0.05, 0) is 25.5 Å². The Morgan fingerprint density at radius 1 is 1.46 bits per heavy atom. The van der Waals surface area contributed by atoms with E-state index in [4.69, 9.17) is 38.4 Å². The van der Waals surface area contributed by atoms with Crippen molar-refractivity contribution < 1.29 is 14.3 Å². The number of carbonyl (C=O) groups is 1. The molecule has 6 nitrogen and oxygen atoms in total. The van der Waals surface area contributed by atoms with Crippen LogP contribution in [0.4, 0.5) is 0 Å². The molecule has 1 aromatic heterocycles. The smallest absolute Gasteiger partial charge is 0.338 e. The molecule has 1 aliphatic heterocycles. The van der Waals surface area contributed by atoms with Crippen LogP contribution in [0.2, 0.25) is 5.15 Å². The first-order valence-corrected chi connectivity index (χ1v) is 9.43. The Labute approximate surface area is 172 Å². The monoisotopic (exact) mass is 417 g/mol. The first-order valence-electron chi connectivity index (χ1n) is 8.52. The van der Waals surface area contributed by atoms with E-state index < -0.39 is 11.9 Å². The number of ether oxygens (including phenoxy) is 2. The third kappa shape index (κ3) is 3.39. The van der Waals surface area contributed by atoms with Crippen LogP contribution in [0.1, 0.15) is 24.0 Å². The molecule has 2 heterocycles. The van der Waals surface area contributed by atoms with Crippen LogP contribution < -0.4 is 5.73 Å². The molecule has 8 heteroatoms. The third-order valence-corrected chi connectivity index (χ3v) is 5.00. The molecule has 0 fully saturated rings. The van der Waals surface area contributed by atoms with Crippen LogP contribution >= 0.6 is 23.2 Å². The maximum Gasteiger partial charge on any atom is 0.338 e. The first kappa shape index (κ1) is 20.0. The molecule has 1 aromatic carbocycles. The molecular formula is C20H17Cl2N3O3. The number of nitrogens with zero attached hydrogens (tertiary/aromatic N) is 2. The van der Waals surface area contributed by atoms with Crippen molar-refractivity contribution in [2.24, 2.45) is 5.73 Å². The van der Waals surface area contributed by atoms with Gasteiger partial charge in [-0.25, -0.2) is 9.78 Å². The number of esters is 1. The van der Waals surface area contributed by atoms with E-state index in [2.05, 4.69) is 4.98 Å². The van der Waals surface area contributed by atoms with Gasteiger partial charge in [-0.2, -0.15) is 5.26 Å². The second-order valence-electron chi connectivity index (χ2n) is 6.13. The zero-order valence-electron chi connectivity index (χ0n) is 15.3. The highest BCUT2D eigenvalue weighted by atomic mass is 35.5. The number of fused-ring (bicyclic) bond motifs is 1. The number of benzene rings is 1. The first-order chi connectivity index (χ1) is 13.4. The Morgan fingerprint density at radius 2 is 2.21 bits per heavy atom. The summed E-state index contributed by atoms with van der Waals surface area (Å²) in [6.45, 7) is 3.75. The van der Waals surface area contributed by atoms with Crippen LogP contribution in [0.15, 0.2) is 47.1 Å². The SMILES string of the molecule is CCOC(=O)C1=C(CCl)OC(N)=C(C#N)[C@@H]1c1cc2cccc(C)c2nc1Cl. The lowest BCUT2D eigenvalue weighted by atomic mass is 9.83. The van der Waals surface area contributed by atoms with E-state index in [-0.39, 0.29) is 40.4 Å². The molecule has 144 valence electrons. The summed E-state index contributed by atoms with van der Waals surface area (Å²) in [5.41, 5.74) is 8.22. The summed E-state index contributed by atoms with van der Waals surface area (Å²) in [5, 5.41) is 10.7. The molecule has 0 aliphatic carbocycles. The molecule has 0 saturated heterocycles. The van der Waals surface area contributed by atoms with E-state index in [9.17, 15) is 10.1 Å². The fourth-order valence-electron chi connectivity index (χ4n) is 3.20. The highest BCUT2D eigenvalue weighted by Gasteiger charge is 2.38. The van der Waals surface area contributed by atoms with Gasteiger partial charge in [-0.15, -0.1) is 11.6 Å². The number of hydrogen-bond acceptors (Lipinski definition) is 6. The fraction of sp³-hybridized carbons (Fsp3) is 0.250. The van der Waals surface area contributed by atoms with Crippen LogP contribution in [-0.4, -0.2) is 23.4 Å². The molecular weight excluding hydrogens is 401 g/mol. The molecule has 0 bridgehead atoms. The van der Waals surface area contributed by atoms with Crippen molar-refractivity contribution in [3.8, 4) is 6.07 Å². The quantitative estimate of drug-likeness (QED) is 0.457. The van der Waals surface area contributed by atoms with E-state index in [1.165, 1.54) is 0 Å². The van der Waals surface area contributed by atoms with E-state index in [0.29, 0.717) is 5.56 Å². The van der Waals surface area contributed by atoms with Crippen LogP contribution in [0.3, 0.4) is 0 Å². The van der Waals surface area contributed by atoms with Gasteiger partial charge in [0.25, 0.3) is 0 Å². The van der Waals surface area contributed by atoms with Crippen molar-refractivity contribution >= 4 is 40.1 Å². The summed E-state index contributed by atoms with van der Waals surface area (Å²) in [5.74, 6) is -1.67. The summed E-state index contributed by atoms with van der Waals surface area (Å²) in [7, 11) is 0. The Balaban J connectivity index is 2.30. The minimum absolute atomic E-state index is 0.0487. The maximum atomic E-state index is 12.7. The van der Waals surface area contributed by atoms with Crippen molar-refractivity contribution in [3.63, 3.8) is 0 Å². The number of pyridine rings is 1. The third-order valence-electron chi connectivity index (χ3n) is 4.45. The lowest BCUT2D eigenvalue weighted by Crippen LogP contribution is -2.27. The largest absolute Gasteiger partial charge is 0.463 e. The lowest BCUT2D eigenvalue weighted by molar-refractivity contribution is -0.139. The molecule has 0 unspecified atom stereocenters. The highest BCUT2D eigenvalue weighted by Crippen LogP contribution is 2.43. The second-order valence-corrected chi connectivity index (χ2v) is 6.76. The molecule has 28 heavy (non-hydrogen) atoms. The number of alkyl halides is 1. The van der Waals surface area contributed by atoms with E-state index in [0.717, 1.165) is 16.5 Å². The van der Waals surface area contributed by atoms with Gasteiger partial charge in [0.05, 0.1) is 29.5 Å². The van der Waals surface area contributed by atoms with E-state index in [1.807, 2.05) is 31.2 Å². The number of rotatable bonds is 4. The standard InChI is InChI=1S/C20H17Cl2N3O3/c1-3-27-20(26)16-14(8-21)28-19(24)13(9-23)15(16)12-7-11-6-4-5-10(2)17(11)25-18(12)22/h4-7,15H,3,8,24H2,1-2H3/t15-/m0/s1. The Kier molecular flexibility index (Phi) is 5.78. The number of nitriles is 1. The number of nitrogens with two attached hydrogens (primary N) is 1. The zero-order chi connectivity index (χ0) is 20.4. The molecule has 0 saturated carbocycles. The summed E-state index contributed by atoms with van der Waals surface area (Å²) < 4.78 is 10.6. The number of aryl methyl sites for hydroxylation is 1. The van der Waals surface area contributed by atoms with Crippen LogP contribution in [0, 0.1) is 18.3 Å². The lowest BCUT2D eigenvalue weighted by Gasteiger charge is -2.28. The van der Waals surface area contributed by atoms with Gasteiger partial charge in [-0.1, -0.05) is 29.8 Å². The normalized spacial score (nSPS) is 16.8. The molecule has 0 amide bonds.